The molecule has 2 aliphatic rings. The number of benzene rings is 1. The van der Waals surface area contributed by atoms with Crippen molar-refractivity contribution in [2.24, 2.45) is 0 Å². The molecule has 1 saturated heterocycles. The Morgan fingerprint density at radius 2 is 2.11 bits per heavy atom. The monoisotopic (exact) mass is 392 g/mol. The van der Waals surface area contributed by atoms with Gasteiger partial charge in [0.15, 0.2) is 0 Å². The van der Waals surface area contributed by atoms with Crippen molar-refractivity contribution in [1.82, 2.24) is 20.2 Å². The topological polar surface area (TPSA) is 58.1 Å². The Labute approximate surface area is 168 Å². The van der Waals surface area contributed by atoms with Crippen LogP contribution in [0.2, 0.25) is 5.02 Å². The molecule has 1 saturated carbocycles. The maximum Gasteiger partial charge on any atom is 0.255 e. The van der Waals surface area contributed by atoms with Gasteiger partial charge in [-0.1, -0.05) is 17.7 Å². The van der Waals surface area contributed by atoms with Gasteiger partial charge >= 0.3 is 0 Å². The fourth-order valence-electron chi connectivity index (χ4n) is 3.96. The third-order valence-corrected chi connectivity index (χ3v) is 5.83. The second-order valence-corrected chi connectivity index (χ2v) is 7.97. The fourth-order valence-corrected chi connectivity index (χ4v) is 4.13. The molecule has 1 aromatic carbocycles. The van der Waals surface area contributed by atoms with Crippen LogP contribution in [0.4, 0.5) is 0 Å². The number of halogens is 1. The van der Waals surface area contributed by atoms with E-state index in [1.54, 1.807) is 6.20 Å². The third kappa shape index (κ3) is 3.25. The van der Waals surface area contributed by atoms with E-state index in [2.05, 4.69) is 10.3 Å². The van der Waals surface area contributed by atoms with E-state index in [1.807, 2.05) is 47.5 Å². The molecule has 2 fully saturated rings. The summed E-state index contributed by atoms with van der Waals surface area (Å²) in [5, 5.41) is 4.84. The maximum atomic E-state index is 13.7. The van der Waals surface area contributed by atoms with Crippen LogP contribution in [0.5, 0.6) is 0 Å². The Kier molecular flexibility index (Phi) is 4.49. The second-order valence-electron chi connectivity index (χ2n) is 7.54. The van der Waals surface area contributed by atoms with Crippen molar-refractivity contribution in [3.63, 3.8) is 0 Å². The molecule has 0 bridgehead atoms. The predicted molar refractivity (Wildman–Crippen MR) is 110 cm³/mol. The molecule has 1 amide bonds. The Hall–Kier alpha value is -2.50. The molecule has 5 nitrogen and oxygen atoms in total. The molecule has 1 aliphatic carbocycles. The van der Waals surface area contributed by atoms with Crippen molar-refractivity contribution < 1.29 is 4.79 Å². The van der Waals surface area contributed by atoms with E-state index < -0.39 is 0 Å². The smallest absolute Gasteiger partial charge is 0.255 e. The van der Waals surface area contributed by atoms with Crippen molar-refractivity contribution >= 4 is 28.4 Å². The lowest BCUT2D eigenvalue weighted by Gasteiger charge is -2.36. The van der Waals surface area contributed by atoms with Crippen molar-refractivity contribution in [2.75, 3.05) is 19.6 Å². The molecular formula is C22H21ClN4O. The van der Waals surface area contributed by atoms with Gasteiger partial charge in [0.05, 0.1) is 17.1 Å². The van der Waals surface area contributed by atoms with Gasteiger partial charge < -0.3 is 10.2 Å². The molecule has 3 heterocycles. The van der Waals surface area contributed by atoms with Crippen LogP contribution in [0.25, 0.3) is 10.9 Å². The highest BCUT2D eigenvalue weighted by Crippen LogP contribution is 2.40. The normalized spacial score (nSPS) is 19.8. The summed E-state index contributed by atoms with van der Waals surface area (Å²) in [6.07, 6.45) is 5.89. The van der Waals surface area contributed by atoms with Gasteiger partial charge in [-0.05, 0) is 48.7 Å². The largest absolute Gasteiger partial charge is 0.329 e. The molecular weight excluding hydrogens is 372 g/mol. The zero-order chi connectivity index (χ0) is 19.1. The van der Waals surface area contributed by atoms with Crippen molar-refractivity contribution in [2.45, 2.75) is 24.8 Å². The van der Waals surface area contributed by atoms with Gasteiger partial charge in [0.25, 0.3) is 5.91 Å². The molecule has 1 aliphatic heterocycles. The molecule has 3 aromatic rings. The maximum absolute atomic E-state index is 13.7. The Balaban J connectivity index is 1.60. The number of nitrogens with zero attached hydrogens (tertiary/aromatic N) is 3. The van der Waals surface area contributed by atoms with Crippen LogP contribution < -0.4 is 5.32 Å². The summed E-state index contributed by atoms with van der Waals surface area (Å²) < 4.78 is 0. The lowest BCUT2D eigenvalue weighted by molar-refractivity contribution is 0.0636. The number of amides is 1. The van der Waals surface area contributed by atoms with Gasteiger partial charge in [0, 0.05) is 54.0 Å². The van der Waals surface area contributed by atoms with Crippen LogP contribution in [0.1, 0.15) is 46.4 Å². The number of pyridine rings is 2. The summed E-state index contributed by atoms with van der Waals surface area (Å²) in [5.74, 6) is 0.510. The first-order chi connectivity index (χ1) is 13.7. The average Bonchev–Trinajstić information content (AvgIpc) is 3.59. The molecule has 1 atom stereocenters. The lowest BCUT2D eigenvalue weighted by Crippen LogP contribution is -2.48. The van der Waals surface area contributed by atoms with Crippen molar-refractivity contribution in [3.05, 3.63) is 70.6 Å². The van der Waals surface area contributed by atoms with Crippen LogP contribution >= 0.6 is 11.6 Å². The zero-order valence-corrected chi connectivity index (χ0v) is 16.2. The highest BCUT2D eigenvalue weighted by Gasteiger charge is 2.32. The van der Waals surface area contributed by atoms with E-state index in [4.69, 9.17) is 16.6 Å². The quantitative estimate of drug-likeness (QED) is 0.733. The Morgan fingerprint density at radius 3 is 2.89 bits per heavy atom. The van der Waals surface area contributed by atoms with Gasteiger partial charge in [-0.3, -0.25) is 14.8 Å². The molecule has 6 heteroatoms. The minimum atomic E-state index is -0.0401. The minimum absolute atomic E-state index is 0.0342. The van der Waals surface area contributed by atoms with E-state index in [0.717, 1.165) is 48.1 Å². The SMILES string of the molecule is O=C(c1cc(C2CC2)nc2ccc(Cl)cc12)N1CCNCC1c1cccnc1. The first kappa shape index (κ1) is 17.6. The van der Waals surface area contributed by atoms with E-state index in [9.17, 15) is 4.79 Å². The molecule has 5 rings (SSSR count). The number of piperazine rings is 1. The van der Waals surface area contributed by atoms with Gasteiger partial charge in [-0.25, -0.2) is 0 Å². The first-order valence-corrected chi connectivity index (χ1v) is 10.1. The predicted octanol–water partition coefficient (Wildman–Crippen LogP) is 3.95. The third-order valence-electron chi connectivity index (χ3n) is 5.59. The summed E-state index contributed by atoms with van der Waals surface area (Å²) in [6, 6.07) is 11.5. The van der Waals surface area contributed by atoms with Crippen LogP contribution in [0, 0.1) is 0 Å². The number of rotatable bonds is 3. The fraction of sp³-hybridized carbons (Fsp3) is 0.318. The average molecular weight is 393 g/mol. The van der Waals surface area contributed by atoms with Crippen LogP contribution in [-0.2, 0) is 0 Å². The zero-order valence-electron chi connectivity index (χ0n) is 15.4. The first-order valence-electron chi connectivity index (χ1n) is 9.72. The number of carbonyl (C=O) groups excluding carboxylic acids is 1. The van der Waals surface area contributed by atoms with Crippen LogP contribution in [0.15, 0.2) is 48.8 Å². The minimum Gasteiger partial charge on any atom is -0.329 e. The summed E-state index contributed by atoms with van der Waals surface area (Å²) >= 11 is 6.25. The van der Waals surface area contributed by atoms with E-state index >= 15 is 0 Å². The second kappa shape index (κ2) is 7.15. The molecule has 1 unspecified atom stereocenters. The highest BCUT2D eigenvalue weighted by molar-refractivity contribution is 6.31. The summed E-state index contributed by atoms with van der Waals surface area (Å²) in [4.78, 5) is 24.7. The van der Waals surface area contributed by atoms with Crippen LogP contribution in [0.3, 0.4) is 0 Å². The molecule has 1 N–H and O–H groups in total. The number of hydrogen-bond acceptors (Lipinski definition) is 4. The molecule has 0 spiro atoms. The molecule has 2 aromatic heterocycles. The van der Waals surface area contributed by atoms with Crippen molar-refractivity contribution in [3.8, 4) is 0 Å². The van der Waals surface area contributed by atoms with Gasteiger partial charge in [0.2, 0.25) is 0 Å². The number of hydrogen-bond donors (Lipinski definition) is 1. The molecule has 0 radical (unpaired) electrons. The van der Waals surface area contributed by atoms with Crippen LogP contribution in [-0.4, -0.2) is 40.4 Å². The number of aromatic nitrogens is 2. The number of carbonyl (C=O) groups is 1. The van der Waals surface area contributed by atoms with Gasteiger partial charge in [-0.2, -0.15) is 0 Å². The Bertz CT molecular complexity index is 1040. The number of fused-ring (bicyclic) bond motifs is 1. The molecule has 28 heavy (non-hydrogen) atoms. The van der Waals surface area contributed by atoms with Gasteiger partial charge in [-0.15, -0.1) is 0 Å². The van der Waals surface area contributed by atoms with Gasteiger partial charge in [0.1, 0.15) is 0 Å². The highest BCUT2D eigenvalue weighted by atomic mass is 35.5. The van der Waals surface area contributed by atoms with E-state index in [-0.39, 0.29) is 11.9 Å². The summed E-state index contributed by atoms with van der Waals surface area (Å²) in [7, 11) is 0. The standard InChI is InChI=1S/C22H21ClN4O/c23-16-5-6-19-17(10-16)18(11-20(26-19)14-3-4-14)22(28)27-9-8-25-13-21(27)15-2-1-7-24-12-15/h1-2,5-7,10-12,14,21,25H,3-4,8-9,13H2. The van der Waals surface area contributed by atoms with E-state index in [0.29, 0.717) is 23.0 Å². The Morgan fingerprint density at radius 1 is 1.21 bits per heavy atom. The summed E-state index contributed by atoms with van der Waals surface area (Å²) in [5.41, 5.74) is 3.60. The number of nitrogens with one attached hydrogen (secondary N) is 1. The molecule has 142 valence electrons. The summed E-state index contributed by atoms with van der Waals surface area (Å²) in [6.45, 7) is 2.15. The van der Waals surface area contributed by atoms with Crippen molar-refractivity contribution in [1.29, 1.82) is 0 Å². The van der Waals surface area contributed by atoms with E-state index in [1.165, 1.54) is 0 Å². The lowest BCUT2D eigenvalue weighted by atomic mass is 10.0.